The van der Waals surface area contributed by atoms with Crippen molar-refractivity contribution in [2.75, 3.05) is 19.6 Å². The second-order valence-electron chi connectivity index (χ2n) is 20.2. The molecule has 0 aliphatic carbocycles. The maximum Gasteiger partial charge on any atom is 0.246 e. The largest absolute Gasteiger partial charge is 0.368 e. The van der Waals surface area contributed by atoms with Gasteiger partial charge in [-0.25, -0.2) is 4.98 Å². The number of nitrogens with one attached hydrogen (secondary N) is 8. The number of nitrogens with zero attached hydrogens (tertiary/aromatic N) is 2. The fraction of sp³-hybridized carbons (Fsp3) is 0.491. The number of aryl methyl sites for hydroxylation is 1. The lowest BCUT2D eigenvalue weighted by Gasteiger charge is -2.31. The number of amides is 8. The van der Waals surface area contributed by atoms with Gasteiger partial charge in [-0.2, -0.15) is 0 Å². The third-order valence-corrected chi connectivity index (χ3v) is 14.5. The van der Waals surface area contributed by atoms with Gasteiger partial charge in [0.15, 0.2) is 0 Å². The Hall–Kier alpha value is -7.45. The summed E-state index contributed by atoms with van der Waals surface area (Å²) in [5.41, 5.74) is 14.8. The molecule has 0 radical (unpaired) electrons. The molecule has 20 nitrogen and oxygen atoms in total. The third kappa shape index (κ3) is 18.1. The lowest BCUT2D eigenvalue weighted by atomic mass is 9.96. The van der Waals surface area contributed by atoms with Crippen molar-refractivity contribution >= 4 is 47.3 Å². The number of H-pyrrole nitrogens is 1. The minimum atomic E-state index is -1.22. The number of primary amides is 1. The Morgan fingerprint density at radius 3 is 1.78 bits per heavy atom. The van der Waals surface area contributed by atoms with Crippen LogP contribution in [0.25, 0.3) is 0 Å². The quantitative estimate of drug-likeness (QED) is 0.0336. The Balaban J connectivity index is 1.21. The van der Waals surface area contributed by atoms with Crippen molar-refractivity contribution in [2.24, 2.45) is 17.4 Å². The number of hydrogen-bond acceptors (Lipinski definition) is 11. The Bertz CT molecular complexity index is 2530. The summed E-state index contributed by atoms with van der Waals surface area (Å²) in [6, 6.07) is 19.7. The predicted molar refractivity (Wildman–Crippen MR) is 291 cm³/mol. The average molecular weight is 1060 g/mol. The summed E-state index contributed by atoms with van der Waals surface area (Å²) in [5, 5.41) is 20.4. The second kappa shape index (κ2) is 30.3. The zero-order chi connectivity index (χ0) is 55.1. The van der Waals surface area contributed by atoms with Gasteiger partial charge in [0.25, 0.3) is 0 Å². The molecule has 2 fully saturated rings. The average Bonchev–Trinajstić information content (AvgIpc) is 4.27. The first-order valence-electron chi connectivity index (χ1n) is 27.2. The monoisotopic (exact) mass is 1060 g/mol. The van der Waals surface area contributed by atoms with Crippen molar-refractivity contribution in [3.05, 3.63) is 126 Å². The highest BCUT2D eigenvalue weighted by Crippen LogP contribution is 2.21. The number of nitrogens with two attached hydrogens (primary N) is 2. The van der Waals surface area contributed by atoms with Crippen LogP contribution in [0.15, 0.2) is 104 Å². The van der Waals surface area contributed by atoms with Crippen LogP contribution >= 0.6 is 0 Å². The molecule has 6 rings (SSSR count). The highest BCUT2D eigenvalue weighted by atomic mass is 16.2. The van der Waals surface area contributed by atoms with E-state index in [0.717, 1.165) is 23.1 Å². The van der Waals surface area contributed by atoms with Gasteiger partial charge in [-0.3, -0.25) is 38.4 Å². The molecule has 3 heterocycles. The third-order valence-electron chi connectivity index (χ3n) is 14.5. The molecule has 77 heavy (non-hydrogen) atoms. The van der Waals surface area contributed by atoms with Crippen molar-refractivity contribution in [3.63, 3.8) is 0 Å². The van der Waals surface area contributed by atoms with E-state index in [1.807, 2.05) is 85.8 Å². The summed E-state index contributed by atoms with van der Waals surface area (Å²) in [6.07, 6.45) is 8.41. The lowest BCUT2D eigenvalue weighted by Crippen LogP contribution is -2.61. The van der Waals surface area contributed by atoms with Crippen LogP contribution in [0.2, 0.25) is 0 Å². The van der Waals surface area contributed by atoms with Crippen LogP contribution in [0.5, 0.6) is 0 Å². The highest BCUT2D eigenvalue weighted by molar-refractivity contribution is 5.98. The van der Waals surface area contributed by atoms with Gasteiger partial charge in [0.1, 0.15) is 42.3 Å². The number of hydrogen-bond donors (Lipinski definition) is 10. The molecule has 4 aromatic rings. The lowest BCUT2D eigenvalue weighted by molar-refractivity contribution is -0.142. The van der Waals surface area contributed by atoms with Crippen LogP contribution in [0.3, 0.4) is 0 Å². The highest BCUT2D eigenvalue weighted by Gasteiger charge is 2.41. The van der Waals surface area contributed by atoms with Crippen molar-refractivity contribution in [2.45, 2.75) is 152 Å². The zero-order valence-electron chi connectivity index (χ0n) is 44.3. The molecular formula is C57H78N12O8. The van der Waals surface area contributed by atoms with Crippen molar-refractivity contribution in [3.8, 4) is 0 Å². The molecule has 0 spiro atoms. The van der Waals surface area contributed by atoms with E-state index in [9.17, 15) is 38.4 Å². The van der Waals surface area contributed by atoms with Gasteiger partial charge in [0, 0.05) is 37.7 Å². The SMILES string of the molecule is CC[C@H](C)[C@H](NC(=O)[C@H](CCCc1ccccc1)NC(=O)[C@H](CCCCN)NC(=O)[C@H](Cc1ccccc1)NC(=O)[C@@H]1CCCN1C(=O)[C@H](Cc1cnc[nH]1)NC(=O)[C@@H]1CCCN1)C(=O)N[C@@H](Cc1ccccc1)C(N)=O. The number of imidazole rings is 1. The molecule has 2 aliphatic rings. The maximum absolute atomic E-state index is 14.7. The summed E-state index contributed by atoms with van der Waals surface area (Å²) >= 11 is 0. The first-order chi connectivity index (χ1) is 37.2. The van der Waals surface area contributed by atoms with E-state index in [1.165, 1.54) is 11.2 Å². The first-order valence-corrected chi connectivity index (χ1v) is 27.2. The number of carbonyl (C=O) groups is 8. The van der Waals surface area contributed by atoms with Crippen LogP contribution in [0, 0.1) is 5.92 Å². The minimum absolute atomic E-state index is 0.0364. The molecule has 0 saturated carbocycles. The van der Waals surface area contributed by atoms with Crippen LogP contribution in [-0.4, -0.2) is 130 Å². The molecule has 0 unspecified atom stereocenters. The molecule has 1 aromatic heterocycles. The van der Waals surface area contributed by atoms with Gasteiger partial charge >= 0.3 is 0 Å². The summed E-state index contributed by atoms with van der Waals surface area (Å²) < 4.78 is 0. The van der Waals surface area contributed by atoms with E-state index in [4.69, 9.17) is 11.5 Å². The van der Waals surface area contributed by atoms with Gasteiger partial charge in [-0.1, -0.05) is 111 Å². The molecule has 414 valence electrons. The van der Waals surface area contributed by atoms with E-state index in [1.54, 1.807) is 25.3 Å². The van der Waals surface area contributed by atoms with E-state index in [-0.39, 0.29) is 44.6 Å². The van der Waals surface area contributed by atoms with Gasteiger partial charge in [-0.15, -0.1) is 0 Å². The van der Waals surface area contributed by atoms with Crippen LogP contribution in [0.4, 0.5) is 0 Å². The first kappa shape index (κ1) is 58.8. The number of aromatic amines is 1. The molecule has 20 heteroatoms. The second-order valence-corrected chi connectivity index (χ2v) is 20.2. The summed E-state index contributed by atoms with van der Waals surface area (Å²) in [5.74, 6) is -5.04. The van der Waals surface area contributed by atoms with E-state index in [2.05, 4.69) is 47.2 Å². The van der Waals surface area contributed by atoms with Gasteiger partial charge in [0.05, 0.1) is 12.4 Å². The van der Waals surface area contributed by atoms with Crippen LogP contribution in [-0.2, 0) is 64.0 Å². The number of carbonyl (C=O) groups excluding carboxylic acids is 8. The molecule has 3 aromatic carbocycles. The number of aromatic nitrogens is 2. The predicted octanol–water partition coefficient (Wildman–Crippen LogP) is 1.77. The zero-order valence-corrected chi connectivity index (χ0v) is 44.3. The fourth-order valence-corrected chi connectivity index (χ4v) is 9.85. The summed E-state index contributed by atoms with van der Waals surface area (Å²) in [4.78, 5) is 121. The van der Waals surface area contributed by atoms with Gasteiger partial charge in [0.2, 0.25) is 47.3 Å². The standard InChI is InChI=1S/C57H78N12O8/c1-3-37(2)49(56(76)65-45(50(59)70)32-39-20-9-5-10-21-39)68-53(73)44(26-15-24-38-18-7-4-8-19-38)63-52(72)43(25-13-14-29-58)64-54(74)46(33-40-22-11-6-12-23-40)66-55(75)48-28-17-31-69(48)57(77)47(34-41-35-60-36-62-41)67-51(71)42-27-16-30-61-42/h4-12,18-23,35-37,42-49,61H,3,13-17,24-34,58H2,1-2H3,(H2,59,70)(H,60,62)(H,63,72)(H,64,74)(H,65,76)(H,66,75)(H,67,71)(H,68,73)/t37-,42-,43-,44-,45-,46-,47-,48-,49-/m0/s1. The van der Waals surface area contributed by atoms with Crippen LogP contribution in [0.1, 0.15) is 100 Å². The maximum atomic E-state index is 14.7. The molecular weight excluding hydrogens is 981 g/mol. The van der Waals surface area contributed by atoms with Crippen molar-refractivity contribution < 1.29 is 38.4 Å². The molecule has 8 amide bonds. The molecule has 2 saturated heterocycles. The van der Waals surface area contributed by atoms with Gasteiger partial charge < -0.3 is 58.6 Å². The number of rotatable bonds is 30. The van der Waals surface area contributed by atoms with Crippen LogP contribution < -0.4 is 48.7 Å². The summed E-state index contributed by atoms with van der Waals surface area (Å²) in [6.45, 7) is 4.93. The van der Waals surface area contributed by atoms with Crippen molar-refractivity contribution in [1.29, 1.82) is 0 Å². The number of benzene rings is 3. The molecule has 9 atom stereocenters. The van der Waals surface area contributed by atoms with E-state index in [0.29, 0.717) is 70.2 Å². The molecule has 2 aliphatic heterocycles. The normalized spacial score (nSPS) is 17.8. The number of likely N-dealkylation sites (tertiary alicyclic amines) is 1. The molecule has 12 N–H and O–H groups in total. The fourth-order valence-electron chi connectivity index (χ4n) is 9.85. The number of unbranched alkanes of at least 4 members (excludes halogenated alkanes) is 1. The Kier molecular flexibility index (Phi) is 23.2. The topological polar surface area (TPSA) is 305 Å². The van der Waals surface area contributed by atoms with Gasteiger partial charge in [-0.05, 0) is 99.9 Å². The van der Waals surface area contributed by atoms with E-state index < -0.39 is 95.6 Å². The molecule has 0 bridgehead atoms. The minimum Gasteiger partial charge on any atom is -0.368 e. The van der Waals surface area contributed by atoms with Crippen molar-refractivity contribution in [1.82, 2.24) is 52.1 Å². The Labute approximate surface area is 451 Å². The Morgan fingerprint density at radius 2 is 1.21 bits per heavy atom. The summed E-state index contributed by atoms with van der Waals surface area (Å²) in [7, 11) is 0. The Morgan fingerprint density at radius 1 is 0.636 bits per heavy atom. The smallest absolute Gasteiger partial charge is 0.246 e. The van der Waals surface area contributed by atoms with E-state index >= 15 is 0 Å².